The van der Waals surface area contributed by atoms with Crippen molar-refractivity contribution in [1.29, 1.82) is 0 Å². The monoisotopic (exact) mass is 494 g/mol. The highest BCUT2D eigenvalue weighted by Gasteiger charge is 2.64. The molecule has 4 aliphatic rings. The maximum absolute atomic E-state index is 13.0. The summed E-state index contributed by atoms with van der Waals surface area (Å²) in [6.07, 6.45) is 5.46. The van der Waals surface area contributed by atoms with Gasteiger partial charge >= 0.3 is 11.9 Å². The summed E-state index contributed by atoms with van der Waals surface area (Å²) in [5.41, 5.74) is 5.20. The Hall–Kier alpha value is -1.81. The number of carbonyl (C=O) groups is 3. The van der Waals surface area contributed by atoms with E-state index in [4.69, 9.17) is 15.2 Å². The lowest BCUT2D eigenvalue weighted by Crippen LogP contribution is -2.65. The van der Waals surface area contributed by atoms with Crippen LogP contribution in [0, 0.1) is 23.2 Å². The van der Waals surface area contributed by atoms with Gasteiger partial charge in [-0.1, -0.05) is 0 Å². The number of fused-ring (bicyclic) bond motifs is 2. The van der Waals surface area contributed by atoms with E-state index in [-0.39, 0.29) is 11.3 Å². The van der Waals surface area contributed by atoms with E-state index in [0.29, 0.717) is 17.8 Å². The van der Waals surface area contributed by atoms with E-state index in [0.717, 1.165) is 19.6 Å². The summed E-state index contributed by atoms with van der Waals surface area (Å²) in [6.45, 7) is 11.3. The largest absolute Gasteiger partial charge is 0.427 e. The first-order valence-electron chi connectivity index (χ1n) is 12.2. The molecule has 2 N–H and O–H groups in total. The van der Waals surface area contributed by atoms with Crippen LogP contribution in [0.15, 0.2) is 4.99 Å². The second-order valence-corrected chi connectivity index (χ2v) is 13.4. The molecule has 4 fully saturated rings. The molecule has 1 saturated carbocycles. The Morgan fingerprint density at radius 3 is 2.59 bits per heavy atom. The third-order valence-electron chi connectivity index (χ3n) is 7.55. The number of aliphatic imine (C=N–C) groups is 1. The first-order valence-corrected chi connectivity index (χ1v) is 13.1. The van der Waals surface area contributed by atoms with Gasteiger partial charge in [-0.05, 0) is 78.2 Å². The molecule has 0 radical (unpaired) electrons. The molecule has 0 aromatic rings. The summed E-state index contributed by atoms with van der Waals surface area (Å²) in [6, 6.07) is -1.22. The van der Waals surface area contributed by atoms with Crippen LogP contribution in [0.2, 0.25) is 0 Å². The maximum atomic E-state index is 13.0. The van der Waals surface area contributed by atoms with Crippen molar-refractivity contribution in [2.24, 2.45) is 33.9 Å². The Bertz CT molecular complexity index is 857. The number of ether oxygens (including phenoxy) is 2. The normalized spacial score (nSPS) is 34.6. The number of amides is 1. The van der Waals surface area contributed by atoms with E-state index in [1.54, 1.807) is 37.4 Å². The average molecular weight is 495 g/mol. The van der Waals surface area contributed by atoms with Gasteiger partial charge in [-0.25, -0.2) is 4.79 Å². The Morgan fingerprint density at radius 1 is 1.21 bits per heavy atom. The zero-order chi connectivity index (χ0) is 24.8. The molecule has 1 aliphatic carbocycles. The molecular formula is C24H38N4O5S. The van der Waals surface area contributed by atoms with Crippen molar-refractivity contribution >= 4 is 35.9 Å². The molecular weight excluding hydrogens is 456 g/mol. The van der Waals surface area contributed by atoms with Gasteiger partial charge in [-0.15, -0.1) is 11.8 Å². The van der Waals surface area contributed by atoms with Gasteiger partial charge in [-0.3, -0.25) is 14.6 Å². The van der Waals surface area contributed by atoms with Crippen molar-refractivity contribution in [1.82, 2.24) is 9.80 Å². The minimum Gasteiger partial charge on any atom is -0.427 e. The molecule has 3 saturated heterocycles. The maximum Gasteiger partial charge on any atom is 0.333 e. The van der Waals surface area contributed by atoms with Crippen LogP contribution in [0.1, 0.15) is 53.9 Å². The molecule has 0 aromatic carbocycles. The van der Waals surface area contributed by atoms with Crippen LogP contribution in [0.3, 0.4) is 0 Å². The standard InChI is InChI=1S/C24H38N4O5S/c1-23(2,3)22(31)33-13-32-21(30)18-24(4,5)34-20-17(19(29)28(18)20)26-12-27-10-15-7-6-14(9-25)8-16(15)11-27/h12,14-18,20H,6-11,13,25H2,1-5H3/t14?,15?,16?,17-,18+,20-/m1/s1. The molecule has 34 heavy (non-hydrogen) atoms. The van der Waals surface area contributed by atoms with Gasteiger partial charge in [0, 0.05) is 17.8 Å². The smallest absolute Gasteiger partial charge is 0.333 e. The number of nitrogens with two attached hydrogens (primary N) is 1. The van der Waals surface area contributed by atoms with Crippen LogP contribution in [-0.4, -0.2) is 82.6 Å². The number of likely N-dealkylation sites (tertiary alicyclic amines) is 1. The Labute approximate surface area is 206 Å². The van der Waals surface area contributed by atoms with Gasteiger partial charge in [0.15, 0.2) is 6.04 Å². The Kier molecular flexibility index (Phi) is 6.94. The topological polar surface area (TPSA) is 115 Å². The molecule has 0 bridgehead atoms. The molecule has 10 heteroatoms. The molecule has 1 amide bonds. The van der Waals surface area contributed by atoms with E-state index < -0.39 is 41.0 Å². The van der Waals surface area contributed by atoms with Gasteiger partial charge in [0.25, 0.3) is 5.91 Å². The highest BCUT2D eigenvalue weighted by atomic mass is 32.2. The minimum absolute atomic E-state index is 0.159. The number of carbonyl (C=O) groups excluding carboxylic acids is 3. The molecule has 3 aliphatic heterocycles. The third-order valence-corrected chi connectivity index (χ3v) is 9.11. The average Bonchev–Trinajstić information content (AvgIpc) is 3.27. The highest BCUT2D eigenvalue weighted by molar-refractivity contribution is 8.01. The molecule has 3 heterocycles. The molecule has 6 atom stereocenters. The second-order valence-electron chi connectivity index (χ2n) is 11.6. The lowest BCUT2D eigenvalue weighted by atomic mass is 9.76. The zero-order valence-corrected chi connectivity index (χ0v) is 21.7. The minimum atomic E-state index is -0.738. The van der Waals surface area contributed by atoms with Crippen LogP contribution in [0.4, 0.5) is 0 Å². The third kappa shape index (κ3) is 4.80. The SMILES string of the molecule is CC(C)(C)C(=O)OCOC(=O)[C@@H]1N2C(=O)[C@@H](N=CN3CC4CCC(CN)CC4C3)[C@H]2SC1(C)C. The van der Waals surface area contributed by atoms with Gasteiger partial charge in [0.05, 0.1) is 11.8 Å². The number of hydrogen-bond donors (Lipinski definition) is 1. The van der Waals surface area contributed by atoms with E-state index >= 15 is 0 Å². The summed E-state index contributed by atoms with van der Waals surface area (Å²) in [7, 11) is 0. The predicted octanol–water partition coefficient (Wildman–Crippen LogP) is 1.84. The summed E-state index contributed by atoms with van der Waals surface area (Å²) in [5.74, 6) is 0.810. The molecule has 0 spiro atoms. The molecule has 190 valence electrons. The summed E-state index contributed by atoms with van der Waals surface area (Å²) < 4.78 is 9.75. The predicted molar refractivity (Wildman–Crippen MR) is 130 cm³/mol. The highest BCUT2D eigenvalue weighted by Crippen LogP contribution is 2.52. The lowest BCUT2D eigenvalue weighted by Gasteiger charge is -2.41. The van der Waals surface area contributed by atoms with Crippen LogP contribution >= 0.6 is 11.8 Å². The first kappa shape index (κ1) is 25.3. The van der Waals surface area contributed by atoms with Crippen molar-refractivity contribution < 1.29 is 23.9 Å². The Balaban J connectivity index is 1.32. The van der Waals surface area contributed by atoms with Crippen molar-refractivity contribution in [3.63, 3.8) is 0 Å². The quantitative estimate of drug-likeness (QED) is 0.196. The zero-order valence-electron chi connectivity index (χ0n) is 20.9. The lowest BCUT2D eigenvalue weighted by molar-refractivity contribution is -0.179. The van der Waals surface area contributed by atoms with Gasteiger partial charge in [-0.2, -0.15) is 0 Å². The summed E-state index contributed by atoms with van der Waals surface area (Å²) >= 11 is 1.57. The number of hydrogen-bond acceptors (Lipinski definition) is 8. The fourth-order valence-electron chi connectivity index (χ4n) is 5.59. The van der Waals surface area contributed by atoms with E-state index in [2.05, 4.69) is 9.89 Å². The van der Waals surface area contributed by atoms with Crippen molar-refractivity contribution in [3.8, 4) is 0 Å². The fourth-order valence-corrected chi connectivity index (χ4v) is 7.20. The summed E-state index contributed by atoms with van der Waals surface area (Å²) in [5, 5.41) is -0.195. The van der Waals surface area contributed by atoms with Gasteiger partial charge in [0.1, 0.15) is 11.4 Å². The van der Waals surface area contributed by atoms with Crippen molar-refractivity contribution in [2.45, 2.75) is 76.1 Å². The molecule has 4 rings (SSSR count). The van der Waals surface area contributed by atoms with E-state index in [1.165, 1.54) is 19.3 Å². The number of esters is 2. The number of rotatable bonds is 6. The number of thioether (sulfide) groups is 1. The number of β-lactam (4-membered cyclic amide) rings is 1. The van der Waals surface area contributed by atoms with Crippen LogP contribution < -0.4 is 5.73 Å². The first-order chi connectivity index (χ1) is 15.9. The van der Waals surface area contributed by atoms with E-state index in [1.807, 2.05) is 20.2 Å². The van der Waals surface area contributed by atoms with Gasteiger partial charge in [0.2, 0.25) is 6.79 Å². The second kappa shape index (κ2) is 9.33. The molecule has 9 nitrogen and oxygen atoms in total. The van der Waals surface area contributed by atoms with Crippen LogP contribution in [0.25, 0.3) is 0 Å². The summed E-state index contributed by atoms with van der Waals surface area (Å²) in [4.78, 5) is 46.2. The van der Waals surface area contributed by atoms with Crippen molar-refractivity contribution in [3.05, 3.63) is 0 Å². The number of nitrogens with zero attached hydrogens (tertiary/aromatic N) is 3. The van der Waals surface area contributed by atoms with Gasteiger partial charge < -0.3 is 25.0 Å². The van der Waals surface area contributed by atoms with Crippen LogP contribution in [0.5, 0.6) is 0 Å². The van der Waals surface area contributed by atoms with E-state index in [9.17, 15) is 14.4 Å². The Morgan fingerprint density at radius 2 is 1.91 bits per heavy atom. The molecule has 0 aromatic heterocycles. The van der Waals surface area contributed by atoms with Crippen LogP contribution in [-0.2, 0) is 23.9 Å². The van der Waals surface area contributed by atoms with Crippen molar-refractivity contribution in [2.75, 3.05) is 26.4 Å². The fraction of sp³-hybridized carbons (Fsp3) is 0.833. The molecule has 3 unspecified atom stereocenters.